The maximum atomic E-state index is 11.8. The summed E-state index contributed by atoms with van der Waals surface area (Å²) in [5.41, 5.74) is -1.60. The summed E-state index contributed by atoms with van der Waals surface area (Å²) in [6.07, 6.45) is -5.35. The number of aromatic nitrogens is 2. The van der Waals surface area contributed by atoms with Crippen LogP contribution in [0.5, 0.6) is 0 Å². The molecule has 12 heteroatoms. The second-order valence-electron chi connectivity index (χ2n) is 4.51. The van der Waals surface area contributed by atoms with Crippen molar-refractivity contribution in [2.24, 2.45) is 0 Å². The molecule has 2 rings (SSSR count). The largest absolute Gasteiger partial charge is 0.506 e. The average Bonchev–Trinajstić information content (AvgIpc) is 2.82. The summed E-state index contributed by atoms with van der Waals surface area (Å²) in [6.45, 7) is -0.490. The van der Waals surface area contributed by atoms with Gasteiger partial charge in [0.2, 0.25) is 0 Å². The van der Waals surface area contributed by atoms with Crippen LogP contribution in [0.3, 0.4) is 0 Å². The van der Waals surface area contributed by atoms with Crippen molar-refractivity contribution in [2.45, 2.75) is 24.9 Å². The number of nitrogens with one attached hydrogen (secondary N) is 1. The Labute approximate surface area is 132 Å². The van der Waals surface area contributed by atoms with Gasteiger partial charge in [0.1, 0.15) is 30.1 Å². The molecule has 3 atom stereocenters. The molecule has 1 aliphatic rings. The maximum absolute atomic E-state index is 11.8. The lowest BCUT2D eigenvalue weighted by molar-refractivity contribution is -0.0612. The van der Waals surface area contributed by atoms with Gasteiger partial charge >= 0.3 is 18.0 Å². The first kappa shape index (κ1) is 16.8. The van der Waals surface area contributed by atoms with Gasteiger partial charge in [-0.05, 0) is 0 Å². The van der Waals surface area contributed by atoms with E-state index in [1.54, 1.807) is 0 Å². The van der Waals surface area contributed by atoms with Gasteiger partial charge in [-0.2, -0.15) is 0 Å². The number of ether oxygens (including phenoxy) is 3. The zero-order valence-electron chi connectivity index (χ0n) is 11.3. The highest BCUT2D eigenvalue weighted by Gasteiger charge is 2.40. The second kappa shape index (κ2) is 6.71. The van der Waals surface area contributed by atoms with E-state index in [-0.39, 0.29) is 11.4 Å². The van der Waals surface area contributed by atoms with E-state index in [0.717, 1.165) is 10.8 Å². The first-order valence-electron chi connectivity index (χ1n) is 6.19. The third-order valence-corrected chi connectivity index (χ3v) is 3.31. The number of H-pyrrole nitrogens is 1. The first-order chi connectivity index (χ1) is 10.8. The van der Waals surface area contributed by atoms with Gasteiger partial charge in [-0.3, -0.25) is 14.3 Å². The Morgan fingerprint density at radius 3 is 2.70 bits per heavy atom. The van der Waals surface area contributed by atoms with E-state index in [1.807, 2.05) is 4.98 Å². The topological polar surface area (TPSA) is 157 Å². The molecule has 126 valence electrons. The van der Waals surface area contributed by atoms with Gasteiger partial charge in [0.15, 0.2) is 0 Å². The number of rotatable bonds is 4. The molecular formula is C11H11ClN2O9. The molecule has 0 amide bonds. The number of hydrogen-bond donors (Lipinski definition) is 3. The molecule has 0 bridgehead atoms. The van der Waals surface area contributed by atoms with Gasteiger partial charge < -0.3 is 24.4 Å². The summed E-state index contributed by atoms with van der Waals surface area (Å²) in [4.78, 5) is 46.1. The van der Waals surface area contributed by atoms with Gasteiger partial charge in [-0.25, -0.2) is 14.4 Å². The number of carboxylic acid groups (broad SMARTS) is 2. The van der Waals surface area contributed by atoms with Gasteiger partial charge in [0.05, 0.1) is 0 Å². The van der Waals surface area contributed by atoms with Crippen LogP contribution in [-0.4, -0.2) is 50.9 Å². The van der Waals surface area contributed by atoms with Crippen molar-refractivity contribution in [1.82, 2.24) is 9.55 Å². The summed E-state index contributed by atoms with van der Waals surface area (Å²) in [5, 5.41) is 16.9. The molecule has 3 N–H and O–H groups in total. The minimum absolute atomic E-state index is 0.0950. The van der Waals surface area contributed by atoms with Crippen LogP contribution in [0.1, 0.15) is 12.6 Å². The zero-order chi connectivity index (χ0) is 17.1. The lowest BCUT2D eigenvalue weighted by Gasteiger charge is -2.16. The number of halogens is 1. The predicted octanol–water partition coefficient (Wildman–Crippen LogP) is 0.235. The number of aromatic amines is 1. The maximum Gasteiger partial charge on any atom is 0.506 e. The van der Waals surface area contributed by atoms with Gasteiger partial charge in [-0.15, -0.1) is 0 Å². The molecule has 0 aliphatic carbocycles. The first-order valence-corrected chi connectivity index (χ1v) is 6.57. The summed E-state index contributed by atoms with van der Waals surface area (Å²) in [5.74, 6) is 0. The van der Waals surface area contributed by atoms with Crippen molar-refractivity contribution in [3.63, 3.8) is 0 Å². The highest BCUT2D eigenvalue weighted by atomic mass is 35.5. The fraction of sp³-hybridized carbons (Fsp3) is 0.455. The normalized spacial score (nSPS) is 23.4. The second-order valence-corrected chi connectivity index (χ2v) is 4.91. The van der Waals surface area contributed by atoms with Crippen LogP contribution in [0.25, 0.3) is 0 Å². The smallest absolute Gasteiger partial charge is 0.450 e. The Morgan fingerprint density at radius 2 is 2.09 bits per heavy atom. The van der Waals surface area contributed by atoms with E-state index in [0.29, 0.717) is 0 Å². The molecule has 3 unspecified atom stereocenters. The Morgan fingerprint density at radius 1 is 1.39 bits per heavy atom. The monoisotopic (exact) mass is 350 g/mol. The van der Waals surface area contributed by atoms with Gasteiger partial charge in [-0.1, -0.05) is 11.6 Å². The van der Waals surface area contributed by atoms with Crippen molar-refractivity contribution < 1.29 is 34.0 Å². The van der Waals surface area contributed by atoms with Crippen molar-refractivity contribution in [2.75, 3.05) is 6.61 Å². The number of nitrogens with zero attached hydrogens (tertiary/aromatic N) is 1. The summed E-state index contributed by atoms with van der Waals surface area (Å²) in [7, 11) is 0. The summed E-state index contributed by atoms with van der Waals surface area (Å²) < 4.78 is 15.3. The number of hydrogen-bond acceptors (Lipinski definition) is 7. The number of carbonyl (C=O) groups is 2. The zero-order valence-corrected chi connectivity index (χ0v) is 12.1. The van der Waals surface area contributed by atoms with E-state index in [2.05, 4.69) is 9.47 Å². The highest BCUT2D eigenvalue weighted by molar-refractivity contribution is 6.30. The van der Waals surface area contributed by atoms with E-state index in [9.17, 15) is 19.2 Å². The Kier molecular flexibility index (Phi) is 4.91. The Balaban J connectivity index is 2.23. The molecule has 1 aromatic heterocycles. The lowest BCUT2D eigenvalue weighted by Crippen LogP contribution is -2.33. The fourth-order valence-corrected chi connectivity index (χ4v) is 2.26. The van der Waals surface area contributed by atoms with Gasteiger partial charge in [0, 0.05) is 12.6 Å². The quantitative estimate of drug-likeness (QED) is 0.646. The predicted molar refractivity (Wildman–Crippen MR) is 71.7 cm³/mol. The molecule has 1 saturated heterocycles. The van der Waals surface area contributed by atoms with Crippen LogP contribution in [-0.2, 0) is 14.2 Å². The molecule has 1 fully saturated rings. The molecule has 23 heavy (non-hydrogen) atoms. The highest BCUT2D eigenvalue weighted by Crippen LogP contribution is 2.30. The molecule has 11 nitrogen and oxygen atoms in total. The minimum atomic E-state index is -1.59. The molecule has 0 saturated carbocycles. The van der Waals surface area contributed by atoms with E-state index in [4.69, 9.17) is 26.6 Å². The third-order valence-electron chi connectivity index (χ3n) is 3.04. The van der Waals surface area contributed by atoms with Crippen molar-refractivity contribution in [1.29, 1.82) is 0 Å². The fourth-order valence-electron chi connectivity index (χ4n) is 2.10. The van der Waals surface area contributed by atoms with Crippen molar-refractivity contribution in [3.05, 3.63) is 32.1 Å². The van der Waals surface area contributed by atoms with Crippen molar-refractivity contribution in [3.8, 4) is 0 Å². The Bertz CT molecular complexity index is 727. The molecule has 0 aromatic carbocycles. The van der Waals surface area contributed by atoms with Crippen LogP contribution in [0.15, 0.2) is 15.8 Å². The van der Waals surface area contributed by atoms with E-state index in [1.165, 1.54) is 0 Å². The van der Waals surface area contributed by atoms with E-state index >= 15 is 0 Å². The molecular weight excluding hydrogens is 340 g/mol. The summed E-state index contributed by atoms with van der Waals surface area (Å²) in [6, 6.07) is 0. The van der Waals surface area contributed by atoms with E-state index < -0.39 is 48.6 Å². The van der Waals surface area contributed by atoms with Crippen LogP contribution in [0.2, 0.25) is 5.02 Å². The van der Waals surface area contributed by atoms with Crippen LogP contribution in [0.4, 0.5) is 9.59 Å². The molecule has 2 heterocycles. The molecule has 0 radical (unpaired) electrons. The summed E-state index contributed by atoms with van der Waals surface area (Å²) >= 11 is 5.64. The standard InChI is InChI=1S/C11H11ClN2O9/c12-4-2-14(9(16)13-8(4)15)7-1-5(23-11(19)20)6(22-7)3-21-10(17)18/h2,5-7H,1,3H2,(H,17,18)(H,19,20)(H,13,15,16). The van der Waals surface area contributed by atoms with Crippen LogP contribution in [0, 0.1) is 0 Å². The van der Waals surface area contributed by atoms with Crippen molar-refractivity contribution >= 4 is 23.9 Å². The average molecular weight is 351 g/mol. The van der Waals surface area contributed by atoms with Gasteiger partial charge in [0.25, 0.3) is 5.56 Å². The molecule has 0 spiro atoms. The molecule has 1 aliphatic heterocycles. The third kappa shape index (κ3) is 4.02. The van der Waals surface area contributed by atoms with Crippen LogP contribution < -0.4 is 11.2 Å². The SMILES string of the molecule is O=C(O)OCC1OC(n2cc(Cl)c(=O)[nH]c2=O)CC1OC(=O)O. The lowest BCUT2D eigenvalue weighted by atomic mass is 10.2. The molecule has 1 aromatic rings. The van der Waals surface area contributed by atoms with Crippen LogP contribution >= 0.6 is 11.6 Å². The minimum Gasteiger partial charge on any atom is -0.450 e. The Hall–Kier alpha value is -2.53.